The Kier molecular flexibility index (Phi) is 6.03. The van der Waals surface area contributed by atoms with Gasteiger partial charge in [-0.15, -0.1) is 0 Å². The monoisotopic (exact) mass is 478 g/mol. The van der Waals surface area contributed by atoms with Crippen molar-refractivity contribution in [3.63, 3.8) is 0 Å². The topological polar surface area (TPSA) is 140 Å². The van der Waals surface area contributed by atoms with E-state index >= 15 is 0 Å². The highest BCUT2D eigenvalue weighted by Crippen LogP contribution is 2.28. The number of fused-ring (bicyclic) bond motifs is 1. The van der Waals surface area contributed by atoms with E-state index in [4.69, 9.17) is 5.73 Å². The first kappa shape index (κ1) is 22.6. The zero-order valence-electron chi connectivity index (χ0n) is 19.4. The molecule has 0 saturated carbocycles. The number of aromatic nitrogens is 4. The summed E-state index contributed by atoms with van der Waals surface area (Å²) in [5.74, 6) is 6.23. The highest BCUT2D eigenvalue weighted by atomic mass is 16.2. The molecule has 0 bridgehead atoms. The van der Waals surface area contributed by atoms with Crippen molar-refractivity contribution in [2.75, 3.05) is 22.9 Å². The molecule has 10 nitrogen and oxygen atoms in total. The van der Waals surface area contributed by atoms with Gasteiger partial charge in [-0.05, 0) is 36.4 Å². The van der Waals surface area contributed by atoms with Crippen molar-refractivity contribution in [3.8, 4) is 23.2 Å². The SMILES string of the molecule is Cn1c(-c2nc(N)ncc2C#Cc2cccc(NC(=O)Nc3cccnc3)c2)cc2c1CCNC2=O. The molecule has 5 N–H and O–H groups in total. The molecule has 0 aliphatic carbocycles. The van der Waals surface area contributed by atoms with E-state index in [9.17, 15) is 9.59 Å². The molecule has 0 spiro atoms. The van der Waals surface area contributed by atoms with Crippen LogP contribution in [-0.2, 0) is 13.5 Å². The number of amides is 3. The molecular weight excluding hydrogens is 456 g/mol. The lowest BCUT2D eigenvalue weighted by Crippen LogP contribution is -2.31. The summed E-state index contributed by atoms with van der Waals surface area (Å²) in [4.78, 5) is 37.1. The molecule has 5 rings (SSSR count). The third-order valence-corrected chi connectivity index (χ3v) is 5.68. The summed E-state index contributed by atoms with van der Waals surface area (Å²) in [5, 5.41) is 8.36. The van der Waals surface area contributed by atoms with Crippen LogP contribution in [0.1, 0.15) is 27.2 Å². The summed E-state index contributed by atoms with van der Waals surface area (Å²) >= 11 is 0. The Morgan fingerprint density at radius 3 is 2.75 bits per heavy atom. The van der Waals surface area contributed by atoms with Gasteiger partial charge in [0.2, 0.25) is 5.95 Å². The number of rotatable bonds is 3. The van der Waals surface area contributed by atoms with Crippen LogP contribution in [0, 0.1) is 11.8 Å². The number of hydrogen-bond acceptors (Lipinski definition) is 6. The van der Waals surface area contributed by atoms with Gasteiger partial charge in [0.15, 0.2) is 0 Å². The van der Waals surface area contributed by atoms with Gasteiger partial charge in [0.1, 0.15) is 5.69 Å². The van der Waals surface area contributed by atoms with Crippen molar-refractivity contribution in [3.05, 3.63) is 83.4 Å². The van der Waals surface area contributed by atoms with Gasteiger partial charge < -0.3 is 26.3 Å². The first-order valence-corrected chi connectivity index (χ1v) is 11.2. The minimum atomic E-state index is -0.390. The van der Waals surface area contributed by atoms with Crippen LogP contribution in [-0.4, -0.2) is 38.0 Å². The summed E-state index contributed by atoms with van der Waals surface area (Å²) in [6.07, 6.45) is 5.49. The van der Waals surface area contributed by atoms with E-state index in [0.29, 0.717) is 40.3 Å². The first-order valence-electron chi connectivity index (χ1n) is 11.2. The van der Waals surface area contributed by atoms with Crippen LogP contribution in [0.4, 0.5) is 22.1 Å². The predicted molar refractivity (Wildman–Crippen MR) is 136 cm³/mol. The van der Waals surface area contributed by atoms with Gasteiger partial charge >= 0.3 is 6.03 Å². The molecule has 0 radical (unpaired) electrons. The second-order valence-corrected chi connectivity index (χ2v) is 8.10. The minimum Gasteiger partial charge on any atom is -0.368 e. The van der Waals surface area contributed by atoms with Crippen molar-refractivity contribution in [1.29, 1.82) is 0 Å². The Hall–Kier alpha value is -5.17. The second-order valence-electron chi connectivity index (χ2n) is 8.10. The van der Waals surface area contributed by atoms with Gasteiger partial charge in [0.05, 0.1) is 28.7 Å². The maximum atomic E-state index is 12.3. The number of nitrogens with one attached hydrogen (secondary N) is 3. The number of urea groups is 1. The highest BCUT2D eigenvalue weighted by molar-refractivity contribution is 6.00. The largest absolute Gasteiger partial charge is 0.368 e. The van der Waals surface area contributed by atoms with Gasteiger partial charge in [-0.25, -0.2) is 14.8 Å². The molecule has 3 amide bonds. The van der Waals surface area contributed by atoms with E-state index in [0.717, 1.165) is 17.8 Å². The molecule has 4 aromatic rings. The Bertz CT molecular complexity index is 1530. The zero-order chi connectivity index (χ0) is 25.1. The molecule has 0 unspecified atom stereocenters. The number of nitrogens with two attached hydrogens (primary N) is 1. The summed E-state index contributed by atoms with van der Waals surface area (Å²) < 4.78 is 1.95. The smallest absolute Gasteiger partial charge is 0.323 e. The van der Waals surface area contributed by atoms with Crippen LogP contribution in [0.3, 0.4) is 0 Å². The van der Waals surface area contributed by atoms with Crippen molar-refractivity contribution in [2.45, 2.75) is 6.42 Å². The quantitative estimate of drug-likeness (QED) is 0.334. The summed E-state index contributed by atoms with van der Waals surface area (Å²) in [6, 6.07) is 12.1. The standard InChI is InChI=1S/C26H22N8O2/c1-34-21-9-11-29-24(35)20(21)13-22(34)23-17(14-30-25(27)33-23)8-7-16-4-2-5-18(12-16)31-26(36)32-19-6-3-10-28-15-19/h2-6,10,12-15H,9,11H2,1H3,(H,29,35)(H2,27,30,33)(H2,31,32,36). The van der Waals surface area contributed by atoms with Crippen molar-refractivity contribution in [2.24, 2.45) is 7.05 Å². The number of nitrogen functional groups attached to an aromatic ring is 1. The highest BCUT2D eigenvalue weighted by Gasteiger charge is 2.24. The Balaban J connectivity index is 1.41. The lowest BCUT2D eigenvalue weighted by Gasteiger charge is -2.14. The number of benzene rings is 1. The maximum Gasteiger partial charge on any atom is 0.323 e. The maximum absolute atomic E-state index is 12.3. The third kappa shape index (κ3) is 4.71. The van der Waals surface area contributed by atoms with Crippen molar-refractivity contribution >= 4 is 29.3 Å². The fraction of sp³-hybridized carbons (Fsp3) is 0.115. The molecule has 10 heteroatoms. The number of hydrogen-bond donors (Lipinski definition) is 4. The fourth-order valence-electron chi connectivity index (χ4n) is 3.99. The fourth-order valence-corrected chi connectivity index (χ4v) is 3.99. The molecule has 0 saturated heterocycles. The van der Waals surface area contributed by atoms with Crippen LogP contribution in [0.5, 0.6) is 0 Å². The van der Waals surface area contributed by atoms with Gasteiger partial charge in [0, 0.05) is 49.4 Å². The summed E-state index contributed by atoms with van der Waals surface area (Å²) in [6.45, 7) is 0.590. The number of carbonyl (C=O) groups is 2. The van der Waals surface area contributed by atoms with Crippen LogP contribution in [0.15, 0.2) is 61.1 Å². The third-order valence-electron chi connectivity index (χ3n) is 5.68. The zero-order valence-corrected chi connectivity index (χ0v) is 19.4. The van der Waals surface area contributed by atoms with E-state index in [1.165, 1.54) is 0 Å². The van der Waals surface area contributed by atoms with E-state index in [1.54, 1.807) is 48.9 Å². The average Bonchev–Trinajstić information content (AvgIpc) is 3.21. The number of anilines is 3. The Labute approximate surface area is 207 Å². The van der Waals surface area contributed by atoms with E-state index < -0.39 is 0 Å². The lowest BCUT2D eigenvalue weighted by atomic mass is 10.1. The van der Waals surface area contributed by atoms with Crippen LogP contribution >= 0.6 is 0 Å². The summed E-state index contributed by atoms with van der Waals surface area (Å²) in [5.41, 5.74) is 11.1. The lowest BCUT2D eigenvalue weighted by molar-refractivity contribution is 0.0945. The first-order chi connectivity index (χ1) is 17.5. The van der Waals surface area contributed by atoms with Crippen LogP contribution in [0.25, 0.3) is 11.4 Å². The number of carbonyl (C=O) groups excluding carboxylic acids is 2. The average molecular weight is 479 g/mol. The molecule has 3 aromatic heterocycles. The van der Waals surface area contributed by atoms with E-state index in [-0.39, 0.29) is 17.9 Å². The Morgan fingerprint density at radius 1 is 1.11 bits per heavy atom. The molecule has 0 atom stereocenters. The Morgan fingerprint density at radius 2 is 1.94 bits per heavy atom. The molecular formula is C26H22N8O2. The molecule has 178 valence electrons. The second kappa shape index (κ2) is 9.60. The molecule has 36 heavy (non-hydrogen) atoms. The number of nitrogens with zero attached hydrogens (tertiary/aromatic N) is 4. The van der Waals surface area contributed by atoms with Crippen molar-refractivity contribution < 1.29 is 9.59 Å². The number of pyridine rings is 1. The molecule has 1 aliphatic rings. The van der Waals surface area contributed by atoms with E-state index in [1.807, 2.05) is 23.7 Å². The molecule has 1 aromatic carbocycles. The van der Waals surface area contributed by atoms with Gasteiger partial charge in [-0.3, -0.25) is 9.78 Å². The van der Waals surface area contributed by atoms with Crippen LogP contribution < -0.4 is 21.7 Å². The van der Waals surface area contributed by atoms with Gasteiger partial charge in [-0.1, -0.05) is 17.9 Å². The molecule has 4 heterocycles. The van der Waals surface area contributed by atoms with Gasteiger partial charge in [-0.2, -0.15) is 0 Å². The van der Waals surface area contributed by atoms with E-state index in [2.05, 4.69) is 42.7 Å². The van der Waals surface area contributed by atoms with Crippen LogP contribution in [0.2, 0.25) is 0 Å². The normalized spacial score (nSPS) is 12.1. The minimum absolute atomic E-state index is 0.107. The molecule has 0 fully saturated rings. The summed E-state index contributed by atoms with van der Waals surface area (Å²) in [7, 11) is 1.90. The predicted octanol–water partition coefficient (Wildman–Crippen LogP) is 2.79. The molecule has 1 aliphatic heterocycles. The van der Waals surface area contributed by atoms with Crippen molar-refractivity contribution in [1.82, 2.24) is 24.8 Å². The van der Waals surface area contributed by atoms with Gasteiger partial charge in [0.25, 0.3) is 5.91 Å².